The minimum Gasteiger partial charge on any atom is -0.388 e. The molecule has 0 saturated heterocycles. The fourth-order valence-electron chi connectivity index (χ4n) is 2.14. The molecule has 0 bridgehead atoms. The Kier molecular flexibility index (Phi) is 3.23. The average Bonchev–Trinajstić information content (AvgIpc) is 2.74. The highest BCUT2D eigenvalue weighted by molar-refractivity contribution is 5.55. The predicted octanol–water partition coefficient (Wildman–Crippen LogP) is 1.71. The summed E-state index contributed by atoms with van der Waals surface area (Å²) in [5.41, 5.74) is -0.806. The second-order valence-electron chi connectivity index (χ2n) is 4.41. The lowest BCUT2D eigenvalue weighted by Crippen LogP contribution is -2.33. The van der Waals surface area contributed by atoms with Crippen molar-refractivity contribution in [2.24, 2.45) is 0 Å². The maximum Gasteiger partial charge on any atom is 0.311 e. The van der Waals surface area contributed by atoms with Crippen LogP contribution >= 0.6 is 0 Å². The van der Waals surface area contributed by atoms with E-state index in [2.05, 4.69) is 10.3 Å². The molecule has 2 rings (SSSR count). The highest BCUT2D eigenvalue weighted by Gasteiger charge is 2.31. The van der Waals surface area contributed by atoms with Gasteiger partial charge in [-0.2, -0.15) is 0 Å². The Morgan fingerprint density at radius 3 is 2.88 bits per heavy atom. The summed E-state index contributed by atoms with van der Waals surface area (Å²) in [6.45, 7) is 0.310. The molecule has 2 N–H and O–H groups in total. The molecule has 0 aromatic carbocycles. The first-order valence-electron chi connectivity index (χ1n) is 5.66. The number of aliphatic hydroxyl groups is 1. The monoisotopic (exact) mass is 237 g/mol. The van der Waals surface area contributed by atoms with Gasteiger partial charge in [0, 0.05) is 18.8 Å². The van der Waals surface area contributed by atoms with Gasteiger partial charge in [0.15, 0.2) is 0 Å². The van der Waals surface area contributed by atoms with Crippen LogP contribution in [0, 0.1) is 10.1 Å². The minimum absolute atomic E-state index is 0.0610. The van der Waals surface area contributed by atoms with Gasteiger partial charge in [-0.15, -0.1) is 0 Å². The Bertz CT molecular complexity index is 416. The van der Waals surface area contributed by atoms with E-state index in [1.54, 1.807) is 0 Å². The summed E-state index contributed by atoms with van der Waals surface area (Å²) in [5.74, 6) is 0.220. The van der Waals surface area contributed by atoms with E-state index in [-0.39, 0.29) is 11.5 Å². The van der Waals surface area contributed by atoms with Gasteiger partial charge in [0.05, 0.1) is 10.5 Å². The predicted molar refractivity (Wildman–Crippen MR) is 62.8 cm³/mol. The van der Waals surface area contributed by atoms with Gasteiger partial charge in [-0.25, -0.2) is 4.98 Å². The Morgan fingerprint density at radius 2 is 2.24 bits per heavy atom. The summed E-state index contributed by atoms with van der Waals surface area (Å²) in [4.78, 5) is 14.2. The maximum absolute atomic E-state index is 10.8. The van der Waals surface area contributed by atoms with Crippen LogP contribution < -0.4 is 5.32 Å². The zero-order chi connectivity index (χ0) is 12.3. The maximum atomic E-state index is 10.8. The molecular formula is C11H15N3O3. The summed E-state index contributed by atoms with van der Waals surface area (Å²) < 4.78 is 0. The van der Waals surface area contributed by atoms with E-state index in [0.717, 1.165) is 25.7 Å². The number of aromatic nitrogens is 1. The van der Waals surface area contributed by atoms with E-state index >= 15 is 0 Å². The van der Waals surface area contributed by atoms with Gasteiger partial charge >= 0.3 is 5.69 Å². The minimum atomic E-state index is -0.745. The summed E-state index contributed by atoms with van der Waals surface area (Å²) in [7, 11) is 0. The van der Waals surface area contributed by atoms with E-state index in [4.69, 9.17) is 0 Å². The number of rotatable bonds is 4. The first kappa shape index (κ1) is 11.8. The van der Waals surface area contributed by atoms with E-state index in [1.807, 2.05) is 0 Å². The van der Waals surface area contributed by atoms with Gasteiger partial charge in [0.25, 0.3) is 0 Å². The highest BCUT2D eigenvalue weighted by atomic mass is 16.6. The fraction of sp³-hybridized carbons (Fsp3) is 0.545. The van der Waals surface area contributed by atoms with E-state index < -0.39 is 10.5 Å². The largest absolute Gasteiger partial charge is 0.388 e. The molecule has 6 nitrogen and oxygen atoms in total. The zero-order valence-corrected chi connectivity index (χ0v) is 9.43. The second kappa shape index (κ2) is 4.67. The van der Waals surface area contributed by atoms with Gasteiger partial charge in [0.1, 0.15) is 0 Å². The molecule has 17 heavy (non-hydrogen) atoms. The van der Waals surface area contributed by atoms with Gasteiger partial charge < -0.3 is 10.4 Å². The molecule has 1 heterocycles. The summed E-state index contributed by atoms with van der Waals surface area (Å²) in [6, 6.07) is 2.92. The number of nitrogens with one attached hydrogen (secondary N) is 1. The van der Waals surface area contributed by atoms with E-state index in [1.165, 1.54) is 18.3 Å². The molecule has 1 saturated carbocycles. The lowest BCUT2D eigenvalue weighted by atomic mass is 10.0. The molecular weight excluding hydrogens is 222 g/mol. The normalized spacial score (nSPS) is 17.9. The molecule has 0 amide bonds. The van der Waals surface area contributed by atoms with Crippen LogP contribution in [0.5, 0.6) is 0 Å². The van der Waals surface area contributed by atoms with Crippen molar-refractivity contribution in [1.82, 2.24) is 4.98 Å². The molecule has 1 aliphatic rings. The molecule has 0 atom stereocenters. The number of pyridine rings is 1. The van der Waals surface area contributed by atoms with Gasteiger partial charge in [0.2, 0.25) is 5.82 Å². The van der Waals surface area contributed by atoms with E-state index in [0.29, 0.717) is 6.54 Å². The SMILES string of the molecule is O=[N+]([O-])c1cccnc1NCC1(O)CCCC1. The molecule has 92 valence electrons. The molecule has 0 radical (unpaired) electrons. The van der Waals surface area contributed by atoms with E-state index in [9.17, 15) is 15.2 Å². The second-order valence-corrected chi connectivity index (χ2v) is 4.41. The Balaban J connectivity index is 2.06. The van der Waals surface area contributed by atoms with Crippen LogP contribution in [-0.2, 0) is 0 Å². The van der Waals surface area contributed by atoms with Crippen molar-refractivity contribution in [1.29, 1.82) is 0 Å². The number of anilines is 1. The molecule has 1 fully saturated rings. The summed E-state index contributed by atoms with van der Waals surface area (Å²) in [5, 5.41) is 23.8. The van der Waals surface area contributed by atoms with Crippen molar-refractivity contribution >= 4 is 11.5 Å². The van der Waals surface area contributed by atoms with Crippen molar-refractivity contribution in [3.8, 4) is 0 Å². The number of hydrogen-bond acceptors (Lipinski definition) is 5. The van der Waals surface area contributed by atoms with Crippen molar-refractivity contribution in [3.63, 3.8) is 0 Å². The lowest BCUT2D eigenvalue weighted by Gasteiger charge is -2.22. The summed E-state index contributed by atoms with van der Waals surface area (Å²) in [6.07, 6.45) is 4.97. The van der Waals surface area contributed by atoms with Gasteiger partial charge in [-0.1, -0.05) is 12.8 Å². The van der Waals surface area contributed by atoms with Crippen molar-refractivity contribution in [2.75, 3.05) is 11.9 Å². The molecule has 0 aliphatic heterocycles. The van der Waals surface area contributed by atoms with Crippen LogP contribution in [0.2, 0.25) is 0 Å². The van der Waals surface area contributed by atoms with Crippen LogP contribution in [0.1, 0.15) is 25.7 Å². The Labute approximate surface area is 98.8 Å². The molecule has 6 heteroatoms. The van der Waals surface area contributed by atoms with Crippen LogP contribution in [0.15, 0.2) is 18.3 Å². The molecule has 1 aromatic heterocycles. The number of nitrogens with zero attached hydrogens (tertiary/aromatic N) is 2. The average molecular weight is 237 g/mol. The molecule has 1 aromatic rings. The first-order chi connectivity index (χ1) is 8.11. The van der Waals surface area contributed by atoms with Crippen molar-refractivity contribution < 1.29 is 10.0 Å². The van der Waals surface area contributed by atoms with Crippen LogP contribution in [0.4, 0.5) is 11.5 Å². The molecule has 0 spiro atoms. The standard InChI is InChI=1S/C11H15N3O3/c15-11(5-1-2-6-11)8-13-10-9(14(16)17)4-3-7-12-10/h3-4,7,15H,1-2,5-6,8H2,(H,12,13). The smallest absolute Gasteiger partial charge is 0.311 e. The number of nitro groups is 1. The molecule has 1 aliphatic carbocycles. The zero-order valence-electron chi connectivity index (χ0n) is 9.43. The Hall–Kier alpha value is -1.69. The van der Waals surface area contributed by atoms with Crippen LogP contribution in [-0.4, -0.2) is 27.2 Å². The fourth-order valence-corrected chi connectivity index (χ4v) is 2.14. The highest BCUT2D eigenvalue weighted by Crippen LogP contribution is 2.30. The third-order valence-electron chi connectivity index (χ3n) is 3.10. The van der Waals surface area contributed by atoms with Crippen molar-refractivity contribution in [3.05, 3.63) is 28.4 Å². The van der Waals surface area contributed by atoms with Gasteiger partial charge in [-0.05, 0) is 18.9 Å². The number of hydrogen-bond donors (Lipinski definition) is 2. The quantitative estimate of drug-likeness (QED) is 0.614. The topological polar surface area (TPSA) is 88.3 Å². The van der Waals surface area contributed by atoms with Crippen molar-refractivity contribution in [2.45, 2.75) is 31.3 Å². The van der Waals surface area contributed by atoms with Gasteiger partial charge in [-0.3, -0.25) is 10.1 Å². The van der Waals surface area contributed by atoms with Crippen LogP contribution in [0.25, 0.3) is 0 Å². The third-order valence-corrected chi connectivity index (χ3v) is 3.10. The lowest BCUT2D eigenvalue weighted by molar-refractivity contribution is -0.384. The third kappa shape index (κ3) is 2.71. The Morgan fingerprint density at radius 1 is 1.53 bits per heavy atom. The first-order valence-corrected chi connectivity index (χ1v) is 5.66. The van der Waals surface area contributed by atoms with Crippen LogP contribution in [0.3, 0.4) is 0 Å². The summed E-state index contributed by atoms with van der Waals surface area (Å²) >= 11 is 0. The molecule has 0 unspecified atom stereocenters.